The first-order valence-corrected chi connectivity index (χ1v) is 6.82. The number of fused-ring (bicyclic) bond motifs is 3. The van der Waals surface area contributed by atoms with E-state index in [9.17, 15) is 0 Å². The van der Waals surface area contributed by atoms with Crippen molar-refractivity contribution in [2.45, 2.75) is 0 Å². The normalized spacial score (nSPS) is 11.2. The zero-order chi connectivity index (χ0) is 13.5. The molecule has 0 atom stereocenters. The van der Waals surface area contributed by atoms with Crippen LogP contribution in [0.15, 0.2) is 66.9 Å². The van der Waals surface area contributed by atoms with Crippen LogP contribution in [-0.4, -0.2) is 9.38 Å². The standard InChI is InChI=1S/C17H11ClN2/c18-13-8-9-15-14(11-13)19-17(12-5-2-1-3-6-12)16-7-4-10-20(15)16/h1-11H. The van der Waals surface area contributed by atoms with Crippen molar-refractivity contribution in [2.24, 2.45) is 0 Å². The van der Waals surface area contributed by atoms with E-state index in [1.54, 1.807) is 0 Å². The molecular weight excluding hydrogens is 268 g/mol. The lowest BCUT2D eigenvalue weighted by Gasteiger charge is -2.09. The van der Waals surface area contributed by atoms with Gasteiger partial charge in [-0.3, -0.25) is 0 Å². The van der Waals surface area contributed by atoms with E-state index in [1.807, 2.05) is 42.5 Å². The van der Waals surface area contributed by atoms with Gasteiger partial charge in [0.1, 0.15) is 0 Å². The number of rotatable bonds is 1. The SMILES string of the molecule is Clc1ccc2c(c1)nc(-c1ccccc1)c1cccn12. The molecule has 0 bridgehead atoms. The second-order valence-corrected chi connectivity index (χ2v) is 5.16. The summed E-state index contributed by atoms with van der Waals surface area (Å²) in [5.74, 6) is 0. The molecule has 20 heavy (non-hydrogen) atoms. The fraction of sp³-hybridized carbons (Fsp3) is 0. The van der Waals surface area contributed by atoms with Crippen molar-refractivity contribution in [1.82, 2.24) is 9.38 Å². The third kappa shape index (κ3) is 1.69. The van der Waals surface area contributed by atoms with Gasteiger partial charge in [0, 0.05) is 16.8 Å². The predicted molar refractivity (Wildman–Crippen MR) is 83.1 cm³/mol. The Kier molecular flexibility index (Phi) is 2.51. The lowest BCUT2D eigenvalue weighted by Crippen LogP contribution is -1.94. The lowest BCUT2D eigenvalue weighted by molar-refractivity contribution is 1.23. The molecule has 0 aliphatic carbocycles. The summed E-state index contributed by atoms with van der Waals surface area (Å²) >= 11 is 6.09. The van der Waals surface area contributed by atoms with Crippen LogP contribution in [-0.2, 0) is 0 Å². The molecule has 0 saturated carbocycles. The molecule has 4 aromatic rings. The molecule has 0 radical (unpaired) electrons. The summed E-state index contributed by atoms with van der Waals surface area (Å²) < 4.78 is 2.15. The van der Waals surface area contributed by atoms with Crippen LogP contribution in [0.2, 0.25) is 5.02 Å². The molecular formula is C17H11ClN2. The van der Waals surface area contributed by atoms with Gasteiger partial charge in [0.2, 0.25) is 0 Å². The molecule has 0 aliphatic rings. The van der Waals surface area contributed by atoms with Crippen LogP contribution >= 0.6 is 11.6 Å². The van der Waals surface area contributed by atoms with Crippen LogP contribution in [0.4, 0.5) is 0 Å². The predicted octanol–water partition coefficient (Wildman–Crippen LogP) is 4.81. The van der Waals surface area contributed by atoms with Gasteiger partial charge in [0.25, 0.3) is 0 Å². The Morgan fingerprint density at radius 3 is 2.55 bits per heavy atom. The Balaban J connectivity index is 2.16. The van der Waals surface area contributed by atoms with Crippen LogP contribution in [0.5, 0.6) is 0 Å². The van der Waals surface area contributed by atoms with Gasteiger partial charge < -0.3 is 4.40 Å². The minimum Gasteiger partial charge on any atom is -0.313 e. The fourth-order valence-corrected chi connectivity index (χ4v) is 2.73. The summed E-state index contributed by atoms with van der Waals surface area (Å²) in [5.41, 5.74) is 5.16. The van der Waals surface area contributed by atoms with E-state index in [0.717, 1.165) is 27.8 Å². The van der Waals surface area contributed by atoms with Crippen molar-refractivity contribution < 1.29 is 0 Å². The maximum absolute atomic E-state index is 6.09. The number of aromatic nitrogens is 2. The molecule has 2 aromatic heterocycles. The third-order valence-corrected chi connectivity index (χ3v) is 3.70. The minimum atomic E-state index is 0.704. The second-order valence-electron chi connectivity index (χ2n) is 4.72. The molecule has 3 heteroatoms. The van der Waals surface area contributed by atoms with E-state index in [2.05, 4.69) is 28.8 Å². The van der Waals surface area contributed by atoms with Crippen molar-refractivity contribution in [1.29, 1.82) is 0 Å². The van der Waals surface area contributed by atoms with Crippen molar-refractivity contribution in [3.05, 3.63) is 71.9 Å². The van der Waals surface area contributed by atoms with Gasteiger partial charge in [-0.15, -0.1) is 0 Å². The summed E-state index contributed by atoms with van der Waals surface area (Å²) in [6.45, 7) is 0. The number of benzene rings is 2. The summed E-state index contributed by atoms with van der Waals surface area (Å²) in [6.07, 6.45) is 2.06. The summed E-state index contributed by atoms with van der Waals surface area (Å²) in [6, 6.07) is 20.1. The molecule has 2 heterocycles. The molecule has 2 nitrogen and oxygen atoms in total. The number of hydrogen-bond acceptors (Lipinski definition) is 1. The third-order valence-electron chi connectivity index (χ3n) is 3.47. The number of hydrogen-bond donors (Lipinski definition) is 0. The number of halogens is 1. The van der Waals surface area contributed by atoms with Crippen LogP contribution in [0.1, 0.15) is 0 Å². The molecule has 0 aliphatic heterocycles. The van der Waals surface area contributed by atoms with Crippen LogP contribution in [0.25, 0.3) is 27.8 Å². The van der Waals surface area contributed by atoms with Crippen molar-refractivity contribution in [3.8, 4) is 11.3 Å². The van der Waals surface area contributed by atoms with Gasteiger partial charge in [0.05, 0.1) is 22.2 Å². The summed E-state index contributed by atoms with van der Waals surface area (Å²) in [4.78, 5) is 4.80. The van der Waals surface area contributed by atoms with E-state index in [1.165, 1.54) is 0 Å². The summed E-state index contributed by atoms with van der Waals surface area (Å²) in [7, 11) is 0. The highest BCUT2D eigenvalue weighted by atomic mass is 35.5. The molecule has 96 valence electrons. The van der Waals surface area contributed by atoms with Crippen LogP contribution in [0, 0.1) is 0 Å². The van der Waals surface area contributed by atoms with Crippen molar-refractivity contribution in [2.75, 3.05) is 0 Å². The molecule has 0 amide bonds. The Morgan fingerprint density at radius 1 is 0.850 bits per heavy atom. The van der Waals surface area contributed by atoms with Crippen molar-refractivity contribution >= 4 is 28.2 Å². The monoisotopic (exact) mass is 278 g/mol. The van der Waals surface area contributed by atoms with Gasteiger partial charge in [-0.05, 0) is 30.3 Å². The Hall–Kier alpha value is -2.32. The minimum absolute atomic E-state index is 0.704. The second kappa shape index (κ2) is 4.36. The largest absolute Gasteiger partial charge is 0.313 e. The molecule has 0 unspecified atom stereocenters. The van der Waals surface area contributed by atoms with E-state index in [4.69, 9.17) is 16.6 Å². The topological polar surface area (TPSA) is 17.3 Å². The van der Waals surface area contributed by atoms with E-state index in [0.29, 0.717) is 5.02 Å². The van der Waals surface area contributed by atoms with Gasteiger partial charge in [0.15, 0.2) is 0 Å². The lowest BCUT2D eigenvalue weighted by atomic mass is 10.1. The van der Waals surface area contributed by atoms with Crippen LogP contribution in [0.3, 0.4) is 0 Å². The average Bonchev–Trinajstić information content (AvgIpc) is 2.96. The molecule has 0 N–H and O–H groups in total. The van der Waals surface area contributed by atoms with E-state index < -0.39 is 0 Å². The highest BCUT2D eigenvalue weighted by molar-refractivity contribution is 6.31. The zero-order valence-electron chi connectivity index (χ0n) is 10.6. The first kappa shape index (κ1) is 11.5. The van der Waals surface area contributed by atoms with Gasteiger partial charge in [-0.1, -0.05) is 41.9 Å². The first-order chi connectivity index (χ1) is 9.83. The zero-order valence-corrected chi connectivity index (χ0v) is 11.4. The smallest absolute Gasteiger partial charge is 0.0950 e. The van der Waals surface area contributed by atoms with E-state index in [-0.39, 0.29) is 0 Å². The maximum Gasteiger partial charge on any atom is 0.0950 e. The summed E-state index contributed by atoms with van der Waals surface area (Å²) in [5, 5.41) is 0.704. The molecule has 4 rings (SSSR count). The highest BCUT2D eigenvalue weighted by Crippen LogP contribution is 2.28. The van der Waals surface area contributed by atoms with Crippen LogP contribution < -0.4 is 0 Å². The van der Waals surface area contributed by atoms with Crippen molar-refractivity contribution in [3.63, 3.8) is 0 Å². The Labute approximate surface area is 121 Å². The highest BCUT2D eigenvalue weighted by Gasteiger charge is 2.09. The first-order valence-electron chi connectivity index (χ1n) is 6.45. The Morgan fingerprint density at radius 2 is 1.70 bits per heavy atom. The molecule has 0 fully saturated rings. The number of nitrogens with zero attached hydrogens (tertiary/aromatic N) is 2. The average molecular weight is 279 g/mol. The Bertz CT molecular complexity index is 910. The quantitative estimate of drug-likeness (QED) is 0.488. The molecule has 0 saturated heterocycles. The molecule has 0 spiro atoms. The van der Waals surface area contributed by atoms with E-state index >= 15 is 0 Å². The van der Waals surface area contributed by atoms with Gasteiger partial charge in [-0.2, -0.15) is 0 Å². The van der Waals surface area contributed by atoms with Gasteiger partial charge in [-0.25, -0.2) is 4.98 Å². The fourth-order valence-electron chi connectivity index (χ4n) is 2.56. The van der Waals surface area contributed by atoms with Gasteiger partial charge >= 0.3 is 0 Å². The molecule has 2 aromatic carbocycles. The maximum atomic E-state index is 6.09.